The number of benzene rings is 3. The Morgan fingerprint density at radius 3 is 2.43 bits per heavy atom. The van der Waals surface area contributed by atoms with Crippen LogP contribution < -0.4 is 15.4 Å². The zero-order valence-electron chi connectivity index (χ0n) is 27.1. The molecule has 1 saturated heterocycles. The van der Waals surface area contributed by atoms with E-state index in [4.69, 9.17) is 14.3 Å². The molecule has 1 fully saturated rings. The van der Waals surface area contributed by atoms with Crippen molar-refractivity contribution in [2.45, 2.75) is 52.4 Å². The molecule has 2 N–H and O–H groups in total. The van der Waals surface area contributed by atoms with Gasteiger partial charge < -0.3 is 19.4 Å². The van der Waals surface area contributed by atoms with E-state index in [1.165, 1.54) is 0 Å². The smallest absolute Gasteiger partial charge is 0.324 e. The normalized spacial score (nSPS) is 14.0. The summed E-state index contributed by atoms with van der Waals surface area (Å²) in [7, 11) is 1.62. The lowest BCUT2D eigenvalue weighted by atomic mass is 9.90. The number of aromatic nitrogens is 2. The molecule has 9 nitrogen and oxygen atoms in total. The quantitative estimate of drug-likeness (QED) is 0.192. The molecule has 3 aromatic carbocycles. The molecule has 1 aliphatic rings. The maximum atomic E-state index is 13.2. The van der Waals surface area contributed by atoms with Crippen LogP contribution in [0.3, 0.4) is 0 Å². The fourth-order valence-corrected chi connectivity index (χ4v) is 5.86. The Balaban J connectivity index is 1.06. The lowest BCUT2D eigenvalue weighted by Gasteiger charge is -2.31. The number of urea groups is 1. The molecule has 238 valence electrons. The first-order chi connectivity index (χ1) is 22.1. The molecule has 1 aliphatic heterocycles. The van der Waals surface area contributed by atoms with E-state index >= 15 is 0 Å². The summed E-state index contributed by atoms with van der Waals surface area (Å²) >= 11 is 0. The number of furan rings is 1. The minimum Gasteiger partial charge on any atom is -0.497 e. The van der Waals surface area contributed by atoms with Crippen LogP contribution in [0.15, 0.2) is 83.3 Å². The van der Waals surface area contributed by atoms with E-state index in [2.05, 4.69) is 37.5 Å². The van der Waals surface area contributed by atoms with Crippen molar-refractivity contribution in [2.75, 3.05) is 30.8 Å². The Kier molecular flexibility index (Phi) is 8.58. The number of nitrogens with one attached hydrogen (secondary N) is 2. The molecular formula is C37H41N5O4. The van der Waals surface area contributed by atoms with Gasteiger partial charge in [0.1, 0.15) is 17.2 Å². The van der Waals surface area contributed by atoms with Crippen LogP contribution in [0.2, 0.25) is 0 Å². The zero-order chi connectivity index (χ0) is 32.4. The number of carbonyl (C=O) groups is 2. The number of piperidine rings is 1. The fourth-order valence-electron chi connectivity index (χ4n) is 5.86. The van der Waals surface area contributed by atoms with E-state index in [0.717, 1.165) is 58.6 Å². The lowest BCUT2D eigenvalue weighted by molar-refractivity contribution is 0.0661. The van der Waals surface area contributed by atoms with Gasteiger partial charge in [0, 0.05) is 35.6 Å². The first kappa shape index (κ1) is 31.0. The number of rotatable bonds is 7. The Morgan fingerprint density at radius 1 is 0.957 bits per heavy atom. The second-order valence-corrected chi connectivity index (χ2v) is 13.1. The maximum absolute atomic E-state index is 13.2. The van der Waals surface area contributed by atoms with Crippen molar-refractivity contribution >= 4 is 34.4 Å². The summed E-state index contributed by atoms with van der Waals surface area (Å²) in [5.74, 6) is 2.05. The maximum Gasteiger partial charge on any atom is 0.324 e. The third kappa shape index (κ3) is 6.93. The number of anilines is 2. The van der Waals surface area contributed by atoms with E-state index in [1.807, 2.05) is 78.6 Å². The number of ether oxygens (including phenoxy) is 1. The molecule has 0 unspecified atom stereocenters. The van der Waals surface area contributed by atoms with Gasteiger partial charge >= 0.3 is 6.03 Å². The Bertz CT molecular complexity index is 1860. The molecular weight excluding hydrogens is 578 g/mol. The standard InChI is InChI=1S/C37H41N5O4/c1-24-9-11-29(12-10-24)42-34(23-33(40-42)37(2,3)4)39-36(44)38-28-8-6-7-26(20-28)19-25-15-17-41(18-16-25)35(43)32-22-27-21-30(45-5)13-14-31(27)46-32/h6-14,20-23,25H,15-19H2,1-5H3,(H2,38,39,44). The largest absolute Gasteiger partial charge is 0.497 e. The molecule has 6 rings (SSSR count). The molecule has 0 radical (unpaired) electrons. The topological polar surface area (TPSA) is 102 Å². The lowest BCUT2D eigenvalue weighted by Crippen LogP contribution is -2.38. The van der Waals surface area contributed by atoms with E-state index in [9.17, 15) is 9.59 Å². The average molecular weight is 620 g/mol. The minimum atomic E-state index is -0.332. The Hall–Kier alpha value is -5.05. The number of nitrogens with zero attached hydrogens (tertiary/aromatic N) is 3. The van der Waals surface area contributed by atoms with E-state index in [-0.39, 0.29) is 17.4 Å². The molecule has 2 aromatic heterocycles. The van der Waals surface area contributed by atoms with Gasteiger partial charge in [-0.3, -0.25) is 10.1 Å². The van der Waals surface area contributed by atoms with Gasteiger partial charge in [-0.25, -0.2) is 9.48 Å². The number of hydrogen-bond donors (Lipinski definition) is 2. The fraction of sp³-hybridized carbons (Fsp3) is 0.324. The Morgan fingerprint density at radius 2 is 1.72 bits per heavy atom. The predicted molar refractivity (Wildman–Crippen MR) is 181 cm³/mol. The van der Waals surface area contributed by atoms with Gasteiger partial charge in [-0.2, -0.15) is 5.10 Å². The summed E-state index contributed by atoms with van der Waals surface area (Å²) in [5.41, 5.74) is 5.29. The molecule has 0 atom stereocenters. The summed E-state index contributed by atoms with van der Waals surface area (Å²) in [6.07, 6.45) is 2.67. The molecule has 3 amide bonds. The summed E-state index contributed by atoms with van der Waals surface area (Å²) in [6, 6.07) is 24.9. The first-order valence-corrected chi connectivity index (χ1v) is 15.8. The highest BCUT2D eigenvalue weighted by molar-refractivity contribution is 5.99. The van der Waals surface area contributed by atoms with Crippen molar-refractivity contribution in [3.8, 4) is 11.4 Å². The molecule has 3 heterocycles. The third-order valence-corrected chi connectivity index (χ3v) is 8.54. The van der Waals surface area contributed by atoms with Gasteiger partial charge in [-0.15, -0.1) is 0 Å². The van der Waals surface area contributed by atoms with Crippen LogP contribution in [0.1, 0.15) is 61.0 Å². The Labute approximate surface area is 269 Å². The van der Waals surface area contributed by atoms with E-state index < -0.39 is 0 Å². The molecule has 0 bridgehead atoms. The third-order valence-electron chi connectivity index (χ3n) is 8.54. The number of methoxy groups -OCH3 is 1. The van der Waals surface area contributed by atoms with Crippen molar-refractivity contribution in [1.82, 2.24) is 14.7 Å². The second-order valence-electron chi connectivity index (χ2n) is 13.1. The van der Waals surface area contributed by atoms with Gasteiger partial charge in [0.2, 0.25) is 0 Å². The van der Waals surface area contributed by atoms with Crippen molar-refractivity contribution < 1.29 is 18.7 Å². The van der Waals surface area contributed by atoms with Crippen LogP contribution >= 0.6 is 0 Å². The van der Waals surface area contributed by atoms with Crippen LogP contribution in [0, 0.1) is 12.8 Å². The summed E-state index contributed by atoms with van der Waals surface area (Å²) in [5, 5.41) is 11.7. The number of likely N-dealkylation sites (tertiary alicyclic amines) is 1. The molecule has 5 aromatic rings. The van der Waals surface area contributed by atoms with Crippen molar-refractivity contribution in [3.63, 3.8) is 0 Å². The van der Waals surface area contributed by atoms with Gasteiger partial charge in [0.25, 0.3) is 5.91 Å². The molecule has 0 spiro atoms. The van der Waals surface area contributed by atoms with Crippen LogP contribution in [0.4, 0.5) is 16.3 Å². The number of aryl methyl sites for hydroxylation is 1. The highest BCUT2D eigenvalue weighted by atomic mass is 16.5. The van der Waals surface area contributed by atoms with Crippen LogP contribution in [-0.4, -0.2) is 46.8 Å². The van der Waals surface area contributed by atoms with Crippen molar-refractivity contribution in [2.24, 2.45) is 5.92 Å². The highest BCUT2D eigenvalue weighted by Crippen LogP contribution is 2.29. The summed E-state index contributed by atoms with van der Waals surface area (Å²) in [4.78, 5) is 28.2. The van der Waals surface area contributed by atoms with E-state index in [0.29, 0.717) is 36.2 Å². The molecule has 9 heteroatoms. The zero-order valence-corrected chi connectivity index (χ0v) is 27.1. The predicted octanol–water partition coefficient (Wildman–Crippen LogP) is 7.97. The van der Waals surface area contributed by atoms with Crippen LogP contribution in [0.25, 0.3) is 16.7 Å². The second kappa shape index (κ2) is 12.7. The SMILES string of the molecule is COc1ccc2oc(C(=O)N3CCC(Cc4cccc(NC(=O)Nc5cc(C(C)(C)C)nn5-c5ccc(C)cc5)c4)CC3)cc2c1. The molecule has 0 aliphatic carbocycles. The van der Waals surface area contributed by atoms with Crippen molar-refractivity contribution in [3.05, 3.63) is 101 Å². The average Bonchev–Trinajstić information content (AvgIpc) is 3.66. The summed E-state index contributed by atoms with van der Waals surface area (Å²) < 4.78 is 12.9. The van der Waals surface area contributed by atoms with E-state index in [1.54, 1.807) is 17.9 Å². The number of hydrogen-bond acceptors (Lipinski definition) is 5. The van der Waals surface area contributed by atoms with Gasteiger partial charge in [-0.1, -0.05) is 50.6 Å². The van der Waals surface area contributed by atoms with Crippen molar-refractivity contribution in [1.29, 1.82) is 0 Å². The minimum absolute atomic E-state index is 0.0795. The van der Waals surface area contributed by atoms with Crippen LogP contribution in [0.5, 0.6) is 5.75 Å². The monoisotopic (exact) mass is 619 g/mol. The van der Waals surface area contributed by atoms with Gasteiger partial charge in [0.15, 0.2) is 5.76 Å². The van der Waals surface area contributed by atoms with Gasteiger partial charge in [0.05, 0.1) is 18.5 Å². The number of fused-ring (bicyclic) bond motifs is 1. The number of carbonyl (C=O) groups excluding carboxylic acids is 2. The van der Waals surface area contributed by atoms with Crippen LogP contribution in [-0.2, 0) is 11.8 Å². The first-order valence-electron chi connectivity index (χ1n) is 15.8. The highest BCUT2D eigenvalue weighted by Gasteiger charge is 2.26. The molecule has 0 saturated carbocycles. The summed E-state index contributed by atoms with van der Waals surface area (Å²) in [6.45, 7) is 9.70. The number of amides is 3. The van der Waals surface area contributed by atoms with Gasteiger partial charge in [-0.05, 0) is 86.2 Å². The molecule has 46 heavy (non-hydrogen) atoms.